The number of aryl methyl sites for hydroxylation is 4. The Morgan fingerprint density at radius 3 is 2.26 bits per heavy atom. The number of carbonyl (C=O) groups is 4. The van der Waals surface area contributed by atoms with Crippen molar-refractivity contribution in [2.75, 3.05) is 16.8 Å². The lowest BCUT2D eigenvalue weighted by molar-refractivity contribution is -0.122. The van der Waals surface area contributed by atoms with E-state index in [0.29, 0.717) is 27.2 Å². The number of hydrogen-bond donors (Lipinski definition) is 2. The SMILES string of the molecule is Cc1ccc(NC(=O)COc2ccc(/C=C3/C(=O)NC(=O)N(c4ccc(C)c(C)c4)C3=O)cc2Br)cc1C. The Morgan fingerprint density at radius 2 is 1.61 bits per heavy atom. The van der Waals surface area contributed by atoms with Crippen LogP contribution in [0, 0.1) is 27.7 Å². The van der Waals surface area contributed by atoms with Crippen molar-refractivity contribution in [1.82, 2.24) is 5.32 Å². The first-order chi connectivity index (χ1) is 18.0. The minimum atomic E-state index is -0.801. The van der Waals surface area contributed by atoms with Gasteiger partial charge in [0, 0.05) is 5.69 Å². The van der Waals surface area contributed by atoms with Gasteiger partial charge in [-0.25, -0.2) is 9.69 Å². The van der Waals surface area contributed by atoms with Gasteiger partial charge in [-0.3, -0.25) is 19.7 Å². The summed E-state index contributed by atoms with van der Waals surface area (Å²) in [6.07, 6.45) is 1.40. The van der Waals surface area contributed by atoms with E-state index in [2.05, 4.69) is 26.6 Å². The van der Waals surface area contributed by atoms with Crippen molar-refractivity contribution in [2.45, 2.75) is 27.7 Å². The molecule has 9 heteroatoms. The molecule has 1 aliphatic heterocycles. The number of hydrogen-bond acceptors (Lipinski definition) is 5. The maximum Gasteiger partial charge on any atom is 0.335 e. The van der Waals surface area contributed by atoms with E-state index < -0.39 is 17.8 Å². The largest absolute Gasteiger partial charge is 0.483 e. The topological polar surface area (TPSA) is 105 Å². The molecule has 0 atom stereocenters. The molecular weight excluding hydrogens is 550 g/mol. The highest BCUT2D eigenvalue weighted by molar-refractivity contribution is 9.10. The first-order valence-corrected chi connectivity index (χ1v) is 12.6. The molecule has 0 aliphatic carbocycles. The molecule has 0 spiro atoms. The molecule has 0 unspecified atom stereocenters. The van der Waals surface area contributed by atoms with E-state index in [1.54, 1.807) is 30.3 Å². The summed E-state index contributed by atoms with van der Waals surface area (Å²) in [4.78, 5) is 51.4. The number of barbiturate groups is 1. The van der Waals surface area contributed by atoms with Crippen molar-refractivity contribution >= 4 is 57.1 Å². The number of ether oxygens (including phenoxy) is 1. The maximum atomic E-state index is 13.2. The van der Waals surface area contributed by atoms with E-state index >= 15 is 0 Å². The molecule has 1 saturated heterocycles. The third-order valence-corrected chi connectivity index (χ3v) is 6.89. The fraction of sp³-hybridized carbons (Fsp3) is 0.172. The van der Waals surface area contributed by atoms with E-state index in [1.165, 1.54) is 6.08 Å². The number of benzene rings is 3. The number of anilines is 2. The van der Waals surface area contributed by atoms with Crippen LogP contribution in [-0.2, 0) is 14.4 Å². The summed E-state index contributed by atoms with van der Waals surface area (Å²) in [7, 11) is 0. The highest BCUT2D eigenvalue weighted by Crippen LogP contribution is 2.29. The normalized spacial score (nSPS) is 14.5. The van der Waals surface area contributed by atoms with Gasteiger partial charge in [0.05, 0.1) is 10.2 Å². The van der Waals surface area contributed by atoms with Gasteiger partial charge >= 0.3 is 6.03 Å². The maximum absolute atomic E-state index is 13.2. The third kappa shape index (κ3) is 5.84. The molecule has 5 amide bonds. The van der Waals surface area contributed by atoms with Crippen molar-refractivity contribution < 1.29 is 23.9 Å². The van der Waals surface area contributed by atoms with Crippen LogP contribution in [0.2, 0.25) is 0 Å². The van der Waals surface area contributed by atoms with Gasteiger partial charge in [-0.05, 0) is 114 Å². The van der Waals surface area contributed by atoms with Gasteiger partial charge in [-0.15, -0.1) is 0 Å². The van der Waals surface area contributed by atoms with Gasteiger partial charge in [0.15, 0.2) is 6.61 Å². The smallest absolute Gasteiger partial charge is 0.335 e. The molecule has 1 aliphatic rings. The van der Waals surface area contributed by atoms with Crippen molar-refractivity contribution in [1.29, 1.82) is 0 Å². The van der Waals surface area contributed by atoms with Crippen LogP contribution >= 0.6 is 15.9 Å². The average molecular weight is 576 g/mol. The third-order valence-electron chi connectivity index (χ3n) is 6.27. The van der Waals surface area contributed by atoms with Gasteiger partial charge < -0.3 is 10.1 Å². The molecule has 1 fully saturated rings. The Bertz CT molecular complexity index is 1510. The summed E-state index contributed by atoms with van der Waals surface area (Å²) >= 11 is 3.41. The van der Waals surface area contributed by atoms with Crippen LogP contribution in [0.15, 0.2) is 64.6 Å². The van der Waals surface area contributed by atoms with Gasteiger partial charge in [-0.1, -0.05) is 18.2 Å². The van der Waals surface area contributed by atoms with E-state index in [0.717, 1.165) is 27.2 Å². The molecule has 1 heterocycles. The molecule has 194 valence electrons. The standard InChI is InChI=1S/C29H26BrN3O5/c1-16-5-8-21(11-18(16)3)31-26(34)15-38-25-10-7-20(14-24(25)30)13-23-27(35)32-29(37)33(28(23)36)22-9-6-17(2)19(4)12-22/h5-14H,15H2,1-4H3,(H,31,34)(H,32,35,37)/b23-13-. The highest BCUT2D eigenvalue weighted by Gasteiger charge is 2.36. The zero-order valence-electron chi connectivity index (χ0n) is 21.3. The van der Waals surface area contributed by atoms with E-state index in [1.807, 2.05) is 52.0 Å². The van der Waals surface area contributed by atoms with Gasteiger partial charge in [-0.2, -0.15) is 0 Å². The van der Waals surface area contributed by atoms with Crippen LogP contribution in [0.1, 0.15) is 27.8 Å². The van der Waals surface area contributed by atoms with Gasteiger partial charge in [0.1, 0.15) is 11.3 Å². The van der Waals surface area contributed by atoms with Crippen molar-refractivity contribution in [3.8, 4) is 5.75 Å². The van der Waals surface area contributed by atoms with Crippen LogP contribution in [-0.4, -0.2) is 30.4 Å². The summed E-state index contributed by atoms with van der Waals surface area (Å²) in [5, 5.41) is 5.03. The average Bonchev–Trinajstić information content (AvgIpc) is 2.85. The summed E-state index contributed by atoms with van der Waals surface area (Å²) < 4.78 is 6.17. The zero-order chi connectivity index (χ0) is 27.6. The lowest BCUT2D eigenvalue weighted by atomic mass is 10.1. The number of imide groups is 2. The molecule has 0 saturated carbocycles. The number of amides is 5. The minimum absolute atomic E-state index is 0.184. The molecule has 0 radical (unpaired) electrons. The zero-order valence-corrected chi connectivity index (χ0v) is 22.9. The summed E-state index contributed by atoms with van der Waals surface area (Å²) in [5.41, 5.74) is 5.53. The molecule has 4 rings (SSSR count). The van der Waals surface area contributed by atoms with Gasteiger partial charge in [0.2, 0.25) is 0 Å². The fourth-order valence-electron chi connectivity index (χ4n) is 3.81. The molecule has 0 bridgehead atoms. The predicted octanol–water partition coefficient (Wildman–Crippen LogP) is 5.37. The second-order valence-electron chi connectivity index (χ2n) is 9.05. The lowest BCUT2D eigenvalue weighted by Gasteiger charge is -2.26. The van der Waals surface area contributed by atoms with E-state index in [4.69, 9.17) is 4.74 Å². The van der Waals surface area contributed by atoms with E-state index in [-0.39, 0.29) is 18.1 Å². The Hall–Kier alpha value is -4.24. The van der Waals surface area contributed by atoms with Crippen LogP contribution < -0.4 is 20.3 Å². The van der Waals surface area contributed by atoms with Crippen LogP contribution in [0.3, 0.4) is 0 Å². The number of carbonyl (C=O) groups excluding carboxylic acids is 4. The Kier molecular flexibility index (Phi) is 7.78. The Labute approximate surface area is 228 Å². The molecule has 3 aromatic rings. The number of nitrogens with one attached hydrogen (secondary N) is 2. The monoisotopic (exact) mass is 575 g/mol. The Morgan fingerprint density at radius 1 is 0.921 bits per heavy atom. The molecule has 38 heavy (non-hydrogen) atoms. The van der Waals surface area contributed by atoms with Crippen molar-refractivity contribution in [3.63, 3.8) is 0 Å². The fourth-order valence-corrected chi connectivity index (χ4v) is 4.32. The van der Waals surface area contributed by atoms with E-state index in [9.17, 15) is 19.2 Å². The predicted molar refractivity (Wildman–Crippen MR) is 149 cm³/mol. The molecule has 2 N–H and O–H groups in total. The number of rotatable bonds is 6. The Balaban J connectivity index is 1.48. The van der Waals surface area contributed by atoms with Gasteiger partial charge in [0.25, 0.3) is 17.7 Å². The number of halogens is 1. The van der Waals surface area contributed by atoms with Crippen LogP contribution in [0.5, 0.6) is 5.75 Å². The molecule has 8 nitrogen and oxygen atoms in total. The summed E-state index contributed by atoms with van der Waals surface area (Å²) in [6.45, 7) is 7.56. The second kappa shape index (κ2) is 11.0. The first kappa shape index (κ1) is 26.8. The second-order valence-corrected chi connectivity index (χ2v) is 9.91. The van der Waals surface area contributed by atoms with Crippen molar-refractivity contribution in [3.05, 3.63) is 92.5 Å². The summed E-state index contributed by atoms with van der Waals surface area (Å²) in [5.74, 6) is -1.40. The number of urea groups is 1. The quantitative estimate of drug-likeness (QED) is 0.304. The first-order valence-electron chi connectivity index (χ1n) is 11.8. The minimum Gasteiger partial charge on any atom is -0.483 e. The van der Waals surface area contributed by atoms with Crippen LogP contribution in [0.25, 0.3) is 6.08 Å². The van der Waals surface area contributed by atoms with Crippen LogP contribution in [0.4, 0.5) is 16.2 Å². The highest BCUT2D eigenvalue weighted by atomic mass is 79.9. The lowest BCUT2D eigenvalue weighted by Crippen LogP contribution is -2.54. The van der Waals surface area contributed by atoms with Crippen molar-refractivity contribution in [2.24, 2.45) is 0 Å². The summed E-state index contributed by atoms with van der Waals surface area (Å²) in [6, 6.07) is 15.0. The molecular formula is C29H26BrN3O5. The number of nitrogens with zero attached hydrogens (tertiary/aromatic N) is 1. The molecule has 0 aromatic heterocycles. The molecule has 3 aromatic carbocycles.